The van der Waals surface area contributed by atoms with Gasteiger partial charge in [0.1, 0.15) is 5.75 Å². The van der Waals surface area contributed by atoms with Crippen LogP contribution in [-0.4, -0.2) is 50.0 Å². The van der Waals surface area contributed by atoms with Gasteiger partial charge in [-0.2, -0.15) is 0 Å². The van der Waals surface area contributed by atoms with Crippen molar-refractivity contribution in [1.82, 2.24) is 10.2 Å². The zero-order valence-electron chi connectivity index (χ0n) is 15.9. The Hall–Kier alpha value is -2.08. The van der Waals surface area contributed by atoms with Crippen LogP contribution in [0.1, 0.15) is 39.0 Å². The predicted molar refractivity (Wildman–Crippen MR) is 103 cm³/mol. The van der Waals surface area contributed by atoms with E-state index in [2.05, 4.69) is 10.6 Å². The van der Waals surface area contributed by atoms with Gasteiger partial charge in [-0.25, -0.2) is 0 Å². The number of ether oxygens (including phenoxy) is 1. The fraction of sp³-hybridized carbons (Fsp3) is 0.600. The quantitative estimate of drug-likeness (QED) is 0.709. The van der Waals surface area contributed by atoms with Gasteiger partial charge in [-0.05, 0) is 56.8 Å². The summed E-state index contributed by atoms with van der Waals surface area (Å²) in [6.45, 7) is 4.78. The summed E-state index contributed by atoms with van der Waals surface area (Å²) >= 11 is 0. The number of benzene rings is 1. The minimum absolute atomic E-state index is 0.0700. The van der Waals surface area contributed by atoms with Gasteiger partial charge in [-0.15, -0.1) is 0 Å². The van der Waals surface area contributed by atoms with Crippen LogP contribution in [-0.2, 0) is 9.59 Å². The maximum atomic E-state index is 12.6. The molecule has 0 atom stereocenters. The number of amides is 2. The van der Waals surface area contributed by atoms with Crippen molar-refractivity contribution < 1.29 is 14.3 Å². The van der Waals surface area contributed by atoms with Crippen LogP contribution in [0.15, 0.2) is 24.3 Å². The largest absolute Gasteiger partial charge is 0.495 e. The molecule has 144 valence electrons. The number of nitrogens with zero attached hydrogens (tertiary/aromatic N) is 1. The Morgan fingerprint density at radius 1 is 1.27 bits per heavy atom. The van der Waals surface area contributed by atoms with Crippen molar-refractivity contribution >= 4 is 17.5 Å². The van der Waals surface area contributed by atoms with E-state index in [1.165, 1.54) is 0 Å². The maximum Gasteiger partial charge on any atom is 0.244 e. The van der Waals surface area contributed by atoms with Crippen LogP contribution >= 0.6 is 0 Å². The molecule has 1 fully saturated rings. The average Bonchev–Trinajstić information content (AvgIpc) is 2.67. The molecule has 0 unspecified atom stereocenters. The van der Waals surface area contributed by atoms with Crippen LogP contribution in [0.2, 0.25) is 0 Å². The highest BCUT2D eigenvalue weighted by molar-refractivity contribution is 5.95. The number of hydrogen-bond acceptors (Lipinski definition) is 4. The lowest BCUT2D eigenvalue weighted by Crippen LogP contribution is -2.39. The van der Waals surface area contributed by atoms with Crippen LogP contribution in [0, 0.1) is 5.92 Å². The molecule has 6 nitrogen and oxygen atoms in total. The van der Waals surface area contributed by atoms with Crippen LogP contribution in [0.3, 0.4) is 0 Å². The van der Waals surface area contributed by atoms with Crippen molar-refractivity contribution in [1.29, 1.82) is 0 Å². The molecule has 1 heterocycles. The lowest BCUT2D eigenvalue weighted by Gasteiger charge is -2.25. The second-order valence-corrected chi connectivity index (χ2v) is 6.80. The fourth-order valence-corrected chi connectivity index (χ4v) is 3.33. The van der Waals surface area contributed by atoms with E-state index in [0.29, 0.717) is 30.3 Å². The Morgan fingerprint density at radius 2 is 2.00 bits per heavy atom. The maximum absolute atomic E-state index is 12.6. The van der Waals surface area contributed by atoms with Gasteiger partial charge < -0.3 is 20.3 Å². The van der Waals surface area contributed by atoms with E-state index >= 15 is 0 Å². The van der Waals surface area contributed by atoms with Crippen molar-refractivity contribution in [3.63, 3.8) is 0 Å². The Labute approximate surface area is 156 Å². The zero-order valence-corrected chi connectivity index (χ0v) is 15.9. The van der Waals surface area contributed by atoms with Crippen molar-refractivity contribution in [3.05, 3.63) is 24.3 Å². The first kappa shape index (κ1) is 20.2. The van der Waals surface area contributed by atoms with Crippen LogP contribution in [0.25, 0.3) is 0 Å². The van der Waals surface area contributed by atoms with Gasteiger partial charge in [-0.1, -0.05) is 19.1 Å². The molecule has 2 rings (SSSR count). The van der Waals surface area contributed by atoms with E-state index in [9.17, 15) is 9.59 Å². The topological polar surface area (TPSA) is 70.7 Å². The van der Waals surface area contributed by atoms with E-state index < -0.39 is 0 Å². The molecule has 1 aliphatic rings. The third-order valence-corrected chi connectivity index (χ3v) is 4.79. The Balaban J connectivity index is 1.87. The molecule has 26 heavy (non-hydrogen) atoms. The van der Waals surface area contributed by atoms with Crippen LogP contribution in [0.4, 0.5) is 5.69 Å². The van der Waals surface area contributed by atoms with Gasteiger partial charge in [0.25, 0.3) is 0 Å². The van der Waals surface area contributed by atoms with E-state index in [1.807, 2.05) is 19.1 Å². The molecule has 1 aliphatic heterocycles. The van der Waals surface area contributed by atoms with Crippen LogP contribution in [0.5, 0.6) is 5.75 Å². The third-order valence-electron chi connectivity index (χ3n) is 4.79. The lowest BCUT2D eigenvalue weighted by molar-refractivity contribution is -0.135. The molecule has 0 aliphatic carbocycles. The Kier molecular flexibility index (Phi) is 8.41. The van der Waals surface area contributed by atoms with Crippen LogP contribution < -0.4 is 15.4 Å². The molecule has 0 radical (unpaired) electrons. The van der Waals surface area contributed by atoms with E-state index in [1.54, 1.807) is 24.1 Å². The van der Waals surface area contributed by atoms with Crippen molar-refractivity contribution in [2.45, 2.75) is 39.0 Å². The molecular formula is C20H31N3O3. The van der Waals surface area contributed by atoms with E-state index in [-0.39, 0.29) is 18.4 Å². The number of methoxy groups -OCH3 is 1. The Bertz CT molecular complexity index is 585. The average molecular weight is 361 g/mol. The summed E-state index contributed by atoms with van der Waals surface area (Å²) in [5.41, 5.74) is 0.624. The van der Waals surface area contributed by atoms with Gasteiger partial charge in [0.2, 0.25) is 11.8 Å². The zero-order chi connectivity index (χ0) is 18.8. The number of nitrogens with one attached hydrogen (secondary N) is 2. The van der Waals surface area contributed by atoms with Gasteiger partial charge in [0.05, 0.1) is 19.3 Å². The highest BCUT2D eigenvalue weighted by atomic mass is 16.5. The summed E-state index contributed by atoms with van der Waals surface area (Å²) < 4.78 is 5.25. The summed E-state index contributed by atoms with van der Waals surface area (Å²) in [5, 5.41) is 6.19. The molecule has 6 heteroatoms. The predicted octanol–water partition coefficient (Wildman–Crippen LogP) is 2.65. The fourth-order valence-electron chi connectivity index (χ4n) is 3.33. The molecule has 0 aromatic heterocycles. The molecule has 2 amide bonds. The first-order valence-corrected chi connectivity index (χ1v) is 9.55. The van der Waals surface area contributed by atoms with Gasteiger partial charge >= 0.3 is 0 Å². The van der Waals surface area contributed by atoms with Gasteiger partial charge in [0, 0.05) is 13.0 Å². The molecule has 1 aromatic carbocycles. The molecule has 1 aromatic rings. The summed E-state index contributed by atoms with van der Waals surface area (Å²) in [7, 11) is 1.57. The number of hydrogen-bond donors (Lipinski definition) is 2. The first-order valence-electron chi connectivity index (χ1n) is 9.55. The summed E-state index contributed by atoms with van der Waals surface area (Å²) in [6, 6.07) is 7.28. The highest BCUT2D eigenvalue weighted by Gasteiger charge is 2.20. The second kappa shape index (κ2) is 10.8. The molecule has 2 N–H and O–H groups in total. The molecule has 0 spiro atoms. The van der Waals surface area contributed by atoms with E-state index in [0.717, 1.165) is 38.8 Å². The Morgan fingerprint density at radius 3 is 2.69 bits per heavy atom. The summed E-state index contributed by atoms with van der Waals surface area (Å²) in [5.74, 6) is 1.10. The van der Waals surface area contributed by atoms with Crippen molar-refractivity contribution in [2.75, 3.05) is 38.6 Å². The summed E-state index contributed by atoms with van der Waals surface area (Å²) in [6.07, 6.45) is 4.53. The standard InChI is InChI=1S/C20H31N3O3/c1-3-14-23(20(25)9-8-16-10-12-21-13-11-16)15-19(24)22-17-6-4-5-7-18(17)26-2/h4-7,16,21H,3,8-15H2,1-2H3,(H,22,24). The van der Waals surface area contributed by atoms with Crippen molar-refractivity contribution in [2.24, 2.45) is 5.92 Å². The molecule has 1 saturated heterocycles. The number of anilines is 1. The number of carbonyl (C=O) groups is 2. The monoisotopic (exact) mass is 361 g/mol. The molecule has 0 bridgehead atoms. The smallest absolute Gasteiger partial charge is 0.244 e. The normalized spacial score (nSPS) is 14.7. The number of para-hydroxylation sites is 2. The highest BCUT2D eigenvalue weighted by Crippen LogP contribution is 2.23. The lowest BCUT2D eigenvalue weighted by atomic mass is 9.93. The minimum atomic E-state index is -0.196. The second-order valence-electron chi connectivity index (χ2n) is 6.80. The van der Waals surface area contributed by atoms with Crippen molar-refractivity contribution in [3.8, 4) is 5.75 Å². The van der Waals surface area contributed by atoms with Gasteiger partial charge in [-0.3, -0.25) is 9.59 Å². The SMILES string of the molecule is CCCN(CC(=O)Nc1ccccc1OC)C(=O)CCC1CCNCC1. The van der Waals surface area contributed by atoms with Gasteiger partial charge in [0.15, 0.2) is 0 Å². The molecule has 0 saturated carbocycles. The minimum Gasteiger partial charge on any atom is -0.495 e. The number of piperidine rings is 1. The van der Waals surface area contributed by atoms with E-state index in [4.69, 9.17) is 4.74 Å². The first-order chi connectivity index (χ1) is 12.6. The third kappa shape index (κ3) is 6.33. The number of rotatable bonds is 9. The molecular weight excluding hydrogens is 330 g/mol. The summed E-state index contributed by atoms with van der Waals surface area (Å²) in [4.78, 5) is 26.7. The number of carbonyl (C=O) groups excluding carboxylic acids is 2.